The number of benzene rings is 9. The number of fused-ring (bicyclic) bond motifs is 8. The van der Waals surface area contributed by atoms with E-state index in [0.717, 1.165) is 114 Å². The molecule has 0 fully saturated rings. The van der Waals surface area contributed by atoms with E-state index < -0.39 is 81.9 Å². The molecule has 0 N–H and O–H groups in total. The van der Waals surface area contributed by atoms with E-state index in [2.05, 4.69) is 0 Å². The summed E-state index contributed by atoms with van der Waals surface area (Å²) in [5.41, 5.74) is 17.3. The summed E-state index contributed by atoms with van der Waals surface area (Å²) in [6.45, 7) is 0. The minimum Gasteiger partial charge on any atom is -0.657 e. The second-order valence-corrected chi connectivity index (χ2v) is 25.8. The predicted molar refractivity (Wildman–Crippen MR) is 387 cm³/mol. The number of aromatic nitrogens is 4. The van der Waals surface area contributed by atoms with Crippen molar-refractivity contribution in [1.29, 1.82) is 0 Å². The van der Waals surface area contributed by atoms with Gasteiger partial charge in [-0.15, -0.1) is 22.1 Å². The molecule has 25 heteroatoms. The Morgan fingerprint density at radius 3 is 0.708 bits per heavy atom. The molecule has 12 aromatic rings. The van der Waals surface area contributed by atoms with Crippen molar-refractivity contribution in [3.8, 4) is 66.8 Å². The standard InChI is InChI=1S/C34H22N4O4.C20H14O4.C18H14O4.C16H10O8.Zn/c39-33(40)21-5-1-19(2-6-21)31-27-13-9-23(35-27)17-25-11-15-29(37-25)32(20-3-7-22(8-4-20)34(41)42)30-16-12-26(38-30)18-24-10-14-28(31)36-24;21-19(22)17-9-5-15(6-10-17)13-1-2-14(4-3-13)16-7-11-18(12-8-16)20(23)24;19-17(20)13-5-9-1-2-10-6-14(18(21)22)8-12-4-3-11(7-13)15(9)16(10)12;17-13(18)9-1-7(2-10(5-9)14(19)20)8-3-11(15(21)22)6-12(4-8)16(23)24;/h1-18H,(H4,35,36,37,38,39,40,41,42);1-12H,(H,21,22)(H,23,24);5-8H,1-4H2,(H,19,20)(H,21,22);1-6H,(H,17,18)(H,19,20)(H,21,22)(H,23,24);/q;;;;+2/p-12. The molecule has 0 amide bonds. The largest absolute Gasteiger partial charge is 2.00 e. The van der Waals surface area contributed by atoms with Gasteiger partial charge in [0.1, 0.15) is 0 Å². The number of carbonyl (C=O) groups is 10. The number of carbonyl (C=O) groups excluding carboxylic acids is 10. The molecule has 2 aliphatic carbocycles. The second kappa shape index (κ2) is 32.8. The zero-order chi connectivity index (χ0) is 79.3. The Labute approximate surface area is 652 Å². The Balaban J connectivity index is 0.000000145. The summed E-state index contributed by atoms with van der Waals surface area (Å²) in [4.78, 5) is 130. The first-order valence-corrected chi connectivity index (χ1v) is 34.0. The van der Waals surface area contributed by atoms with Crippen molar-refractivity contribution in [3.63, 3.8) is 0 Å². The van der Waals surface area contributed by atoms with Crippen LogP contribution in [0.25, 0.3) is 113 Å². The van der Waals surface area contributed by atoms with Crippen molar-refractivity contribution < 1.29 is 118 Å². The maximum Gasteiger partial charge on any atom is 2.00 e. The number of aromatic carboxylic acids is 10. The first-order valence-electron chi connectivity index (χ1n) is 34.0. The van der Waals surface area contributed by atoms with Gasteiger partial charge in [0, 0.05) is 0 Å². The van der Waals surface area contributed by atoms with E-state index >= 15 is 0 Å². The van der Waals surface area contributed by atoms with Crippen molar-refractivity contribution in [2.45, 2.75) is 25.7 Å². The fourth-order valence-electron chi connectivity index (χ4n) is 13.3. The van der Waals surface area contributed by atoms with Gasteiger partial charge in [0.2, 0.25) is 0 Å². The summed E-state index contributed by atoms with van der Waals surface area (Å²) < 4.78 is 0. The fourth-order valence-corrected chi connectivity index (χ4v) is 13.3. The number of hydrogen-bond acceptors (Lipinski definition) is 22. The van der Waals surface area contributed by atoms with Crippen molar-refractivity contribution in [3.05, 3.63) is 319 Å². The van der Waals surface area contributed by atoms with Crippen LogP contribution in [0.3, 0.4) is 0 Å². The maximum absolute atomic E-state index is 11.3. The van der Waals surface area contributed by atoms with Gasteiger partial charge < -0.3 is 109 Å². The summed E-state index contributed by atoms with van der Waals surface area (Å²) in [5, 5.41) is 110. The van der Waals surface area contributed by atoms with Crippen molar-refractivity contribution in [2.24, 2.45) is 0 Å². The maximum atomic E-state index is 11.3. The summed E-state index contributed by atoms with van der Waals surface area (Å²) in [5.74, 6) is -13.9. The van der Waals surface area contributed by atoms with Gasteiger partial charge in [-0.25, -0.2) is 9.97 Å². The third-order valence-electron chi connectivity index (χ3n) is 18.7. The van der Waals surface area contributed by atoms with Gasteiger partial charge in [-0.3, -0.25) is 0 Å². The smallest absolute Gasteiger partial charge is 0.657 e. The zero-order valence-corrected chi connectivity index (χ0v) is 61.6. The Morgan fingerprint density at radius 1 is 0.230 bits per heavy atom. The van der Waals surface area contributed by atoms with Gasteiger partial charge >= 0.3 is 19.5 Å². The average molecular weight is 1550 g/mol. The first-order chi connectivity index (χ1) is 53.7. The Hall–Kier alpha value is -15.1. The molecule has 0 unspecified atom stereocenters. The van der Waals surface area contributed by atoms with E-state index in [9.17, 15) is 99.0 Å². The van der Waals surface area contributed by atoms with Gasteiger partial charge in [0.05, 0.1) is 82.5 Å². The molecule has 113 heavy (non-hydrogen) atoms. The molecule has 0 radical (unpaired) electrons. The van der Waals surface area contributed by atoms with Gasteiger partial charge in [-0.1, -0.05) is 158 Å². The summed E-state index contributed by atoms with van der Waals surface area (Å²) in [6, 6.07) is 57.3. The zero-order valence-electron chi connectivity index (χ0n) is 58.6. The van der Waals surface area contributed by atoms with Crippen LogP contribution in [0.2, 0.25) is 0 Å². The quantitative estimate of drug-likeness (QED) is 0.133. The Bertz CT molecular complexity index is 5710. The molecule has 3 aromatic heterocycles. The van der Waals surface area contributed by atoms with Gasteiger partial charge in [-0.05, 0) is 255 Å². The summed E-state index contributed by atoms with van der Waals surface area (Å²) in [7, 11) is 0. The normalized spacial score (nSPS) is 11.6. The van der Waals surface area contributed by atoms with Gasteiger partial charge in [0.15, 0.2) is 0 Å². The van der Waals surface area contributed by atoms with Crippen molar-refractivity contribution >= 4 is 106 Å². The van der Waals surface area contributed by atoms with Crippen molar-refractivity contribution in [1.82, 2.24) is 19.9 Å². The number of aryl methyl sites for hydroxylation is 4. The van der Waals surface area contributed by atoms with E-state index in [1.165, 1.54) is 48.5 Å². The van der Waals surface area contributed by atoms with E-state index in [1.807, 2.05) is 85.0 Å². The molecule has 0 spiro atoms. The predicted octanol–water partition coefficient (Wildman–Crippen LogP) is 2.81. The van der Waals surface area contributed by atoms with Crippen LogP contribution in [-0.4, -0.2) is 69.7 Å². The van der Waals surface area contributed by atoms with Crippen LogP contribution in [0, 0.1) is 0 Å². The molecule has 9 aromatic carbocycles. The van der Waals surface area contributed by atoms with Crippen LogP contribution in [0.5, 0.6) is 0 Å². The average Bonchev–Trinajstić information content (AvgIpc) is 1.68. The molecule has 4 aliphatic rings. The van der Waals surface area contributed by atoms with Crippen LogP contribution < -0.4 is 61.0 Å². The molecule has 8 bridgehead atoms. The minimum atomic E-state index is -1.67. The number of hydrogen-bond donors (Lipinski definition) is 0. The molecule has 2 aliphatic heterocycles. The number of nitrogens with zero attached hydrogens (tertiary/aromatic N) is 4. The van der Waals surface area contributed by atoms with E-state index in [1.54, 1.807) is 72.8 Å². The molecule has 5 heterocycles. The third kappa shape index (κ3) is 17.3. The van der Waals surface area contributed by atoms with Gasteiger partial charge in [0.25, 0.3) is 0 Å². The van der Waals surface area contributed by atoms with Crippen molar-refractivity contribution in [2.75, 3.05) is 0 Å². The van der Waals surface area contributed by atoms with Crippen LogP contribution in [-0.2, 0) is 45.2 Å². The molecule has 0 atom stereocenters. The van der Waals surface area contributed by atoms with Crippen LogP contribution >= 0.6 is 0 Å². The summed E-state index contributed by atoms with van der Waals surface area (Å²) in [6.07, 6.45) is 10.4. The topological polar surface area (TPSA) is 455 Å². The third-order valence-corrected chi connectivity index (χ3v) is 18.7. The van der Waals surface area contributed by atoms with Gasteiger partial charge in [-0.2, -0.15) is 0 Å². The van der Waals surface area contributed by atoms with Crippen LogP contribution in [0.4, 0.5) is 0 Å². The number of carboxylic acids is 10. The number of rotatable bonds is 15. The molecule has 16 rings (SSSR count). The molecule has 24 nitrogen and oxygen atoms in total. The fraction of sp³-hybridized carbons (Fsp3) is 0.0455. The number of carboxylic acid groups (broad SMARTS) is 10. The summed E-state index contributed by atoms with van der Waals surface area (Å²) >= 11 is 0. The molecular weight excluding hydrogens is 1500 g/mol. The van der Waals surface area contributed by atoms with Crippen LogP contribution in [0.1, 0.15) is 149 Å². The molecular formula is C88H48N4O20Zn-10. The monoisotopic (exact) mass is 1540 g/mol. The second-order valence-electron chi connectivity index (χ2n) is 25.8. The minimum absolute atomic E-state index is 0. The van der Waals surface area contributed by atoms with E-state index in [-0.39, 0.29) is 64.0 Å². The Morgan fingerprint density at radius 2 is 0.460 bits per heavy atom. The first kappa shape index (κ1) is 77.5. The van der Waals surface area contributed by atoms with Crippen LogP contribution in [0.15, 0.2) is 218 Å². The Kier molecular flexibility index (Phi) is 22.5. The molecule has 552 valence electrons. The SMILES string of the molecule is O=C([O-])c1cc(C(=O)[O-])cc(-c2cc(C(=O)[O-])cc(C(=O)[O-])c2)c1.O=C([O-])c1cc2c3c(c1)CCc1cc(C(=O)[O-])cc(c1-3)CC2.O=C([O-])c1ccc(-c2c3nc(cc4ccc([n-]4)c(-c4ccc(C(=O)[O-])cc4)c4nc(cc5ccc2[n-]5)C=C4)C=C3)cc1.O=C([O-])c1ccc(-c2ccc(-c3ccc(C(=O)[O-])cc3)cc2)cc1.[Zn+2]. The molecule has 0 saturated heterocycles. The van der Waals surface area contributed by atoms with E-state index in [4.69, 9.17) is 19.9 Å². The molecule has 0 saturated carbocycles. The van der Waals surface area contributed by atoms with E-state index in [0.29, 0.717) is 70.5 Å².